The van der Waals surface area contributed by atoms with Crippen LogP contribution in [0, 0.1) is 0 Å². The van der Waals surface area contributed by atoms with E-state index < -0.39 is 0 Å². The number of H-pyrrole nitrogens is 1. The number of aromatic nitrogens is 2. The Morgan fingerprint density at radius 3 is 2.62 bits per heavy atom. The van der Waals surface area contributed by atoms with Crippen LogP contribution in [0.1, 0.15) is 77.1 Å². The summed E-state index contributed by atoms with van der Waals surface area (Å²) in [4.78, 5) is 22.1. The Bertz CT molecular complexity index is 752. The second kappa shape index (κ2) is 5.96. The van der Waals surface area contributed by atoms with Gasteiger partial charge in [-0.3, -0.25) is 4.79 Å². The highest BCUT2D eigenvalue weighted by Crippen LogP contribution is 2.41. The average molecular weight is 357 g/mol. The predicted molar refractivity (Wildman–Crippen MR) is 100 cm³/mol. The molecule has 3 heterocycles. The zero-order chi connectivity index (χ0) is 18.7. The standard InChI is InChI=1S/C19H28BN3O3/c1-12(24)23-10-6-7-16(23)17-21-14-9-8-13(11-15(14)22-17)20-25-18(2,3)19(4,5)26-20/h11,16H,6-10H2,1-5H3,(H,21,22)/t16-/m0/s1. The largest absolute Gasteiger partial charge is 0.490 e. The zero-order valence-corrected chi connectivity index (χ0v) is 16.4. The summed E-state index contributed by atoms with van der Waals surface area (Å²) in [7, 11) is -0.312. The molecular formula is C19H28BN3O3. The number of rotatable bonds is 2. The van der Waals surface area contributed by atoms with Gasteiger partial charge in [0.2, 0.25) is 5.91 Å². The number of hydrogen-bond acceptors (Lipinski definition) is 4. The molecule has 26 heavy (non-hydrogen) atoms. The molecule has 1 aliphatic carbocycles. The van der Waals surface area contributed by atoms with Crippen molar-refractivity contribution in [2.75, 3.05) is 6.54 Å². The zero-order valence-electron chi connectivity index (χ0n) is 16.4. The SMILES string of the molecule is CC(=O)N1CCC[C@H]1c1nc2c([nH]1)CCC(B1OC(C)(C)C(C)(C)O1)=C2. The molecule has 0 spiro atoms. The van der Waals surface area contributed by atoms with Crippen molar-refractivity contribution >= 4 is 19.1 Å². The number of nitrogens with one attached hydrogen (secondary N) is 1. The topological polar surface area (TPSA) is 67.5 Å². The summed E-state index contributed by atoms with van der Waals surface area (Å²) in [6.07, 6.45) is 5.90. The lowest BCUT2D eigenvalue weighted by atomic mass is 9.73. The Kier molecular flexibility index (Phi) is 4.08. The number of amides is 1. The van der Waals surface area contributed by atoms with E-state index in [0.717, 1.165) is 54.9 Å². The van der Waals surface area contributed by atoms with Crippen LogP contribution in [-0.2, 0) is 20.5 Å². The number of aromatic amines is 1. The van der Waals surface area contributed by atoms with Crippen molar-refractivity contribution in [3.05, 3.63) is 22.7 Å². The van der Waals surface area contributed by atoms with E-state index in [0.29, 0.717) is 0 Å². The van der Waals surface area contributed by atoms with E-state index in [4.69, 9.17) is 14.3 Å². The molecule has 0 aromatic carbocycles. The summed E-state index contributed by atoms with van der Waals surface area (Å²) in [5.74, 6) is 1.03. The van der Waals surface area contributed by atoms with E-state index >= 15 is 0 Å². The summed E-state index contributed by atoms with van der Waals surface area (Å²) in [6.45, 7) is 10.8. The lowest BCUT2D eigenvalue weighted by molar-refractivity contribution is -0.129. The van der Waals surface area contributed by atoms with E-state index in [1.807, 2.05) is 4.90 Å². The number of fused-ring (bicyclic) bond motifs is 1. The van der Waals surface area contributed by atoms with E-state index in [1.54, 1.807) is 6.92 Å². The molecule has 0 saturated carbocycles. The second-order valence-electron chi connectivity index (χ2n) is 8.66. The Morgan fingerprint density at radius 1 is 1.27 bits per heavy atom. The molecule has 0 radical (unpaired) electrons. The number of allylic oxidation sites excluding steroid dienone is 1. The summed E-state index contributed by atoms with van der Waals surface area (Å²) < 4.78 is 12.4. The molecule has 0 unspecified atom stereocenters. The first-order chi connectivity index (χ1) is 12.2. The quantitative estimate of drug-likeness (QED) is 0.826. The minimum Gasteiger partial charge on any atom is -0.400 e. The average Bonchev–Trinajstić information content (AvgIpc) is 3.23. The number of carbonyl (C=O) groups excluding carboxylic acids is 1. The van der Waals surface area contributed by atoms with Gasteiger partial charge < -0.3 is 19.2 Å². The van der Waals surface area contributed by atoms with Crippen LogP contribution < -0.4 is 0 Å². The maximum atomic E-state index is 11.9. The first-order valence-corrected chi connectivity index (χ1v) is 9.60. The van der Waals surface area contributed by atoms with Gasteiger partial charge in [0.15, 0.2) is 0 Å². The molecule has 140 valence electrons. The summed E-state index contributed by atoms with van der Waals surface area (Å²) >= 11 is 0. The van der Waals surface area contributed by atoms with Crippen molar-refractivity contribution in [1.82, 2.24) is 14.9 Å². The predicted octanol–water partition coefficient (Wildman–Crippen LogP) is 3.05. The molecular weight excluding hydrogens is 329 g/mol. The van der Waals surface area contributed by atoms with Crippen LogP contribution in [0.15, 0.2) is 5.47 Å². The molecule has 4 rings (SSSR count). The van der Waals surface area contributed by atoms with Crippen molar-refractivity contribution in [1.29, 1.82) is 0 Å². The van der Waals surface area contributed by atoms with Crippen molar-refractivity contribution in [2.45, 2.75) is 77.5 Å². The third-order valence-corrected chi connectivity index (χ3v) is 6.34. The Hall–Kier alpha value is -1.60. The smallest absolute Gasteiger partial charge is 0.400 e. The minimum atomic E-state index is -0.332. The number of hydrogen-bond donors (Lipinski definition) is 1. The van der Waals surface area contributed by atoms with Crippen LogP contribution in [0.2, 0.25) is 0 Å². The summed E-state index contributed by atoms with van der Waals surface area (Å²) in [5.41, 5.74) is 2.59. The van der Waals surface area contributed by atoms with Crippen LogP contribution in [0.5, 0.6) is 0 Å². The minimum absolute atomic E-state index is 0.0757. The van der Waals surface area contributed by atoms with E-state index in [1.165, 1.54) is 0 Å². The molecule has 3 aliphatic rings. The molecule has 2 fully saturated rings. The fraction of sp³-hybridized carbons (Fsp3) is 0.684. The Labute approximate surface area is 155 Å². The van der Waals surface area contributed by atoms with Crippen LogP contribution in [0.3, 0.4) is 0 Å². The number of carbonyl (C=O) groups is 1. The second-order valence-corrected chi connectivity index (χ2v) is 8.66. The van der Waals surface area contributed by atoms with E-state index in [-0.39, 0.29) is 30.3 Å². The third kappa shape index (κ3) is 2.81. The van der Waals surface area contributed by atoms with Crippen LogP contribution >= 0.6 is 0 Å². The maximum absolute atomic E-state index is 11.9. The molecule has 7 heteroatoms. The number of nitrogens with zero attached hydrogens (tertiary/aromatic N) is 2. The number of imidazole rings is 1. The molecule has 1 aromatic rings. The monoisotopic (exact) mass is 357 g/mol. The highest BCUT2D eigenvalue weighted by molar-refractivity contribution is 6.55. The van der Waals surface area contributed by atoms with Gasteiger partial charge in [0.25, 0.3) is 0 Å². The number of likely N-dealkylation sites (tertiary alicyclic amines) is 1. The van der Waals surface area contributed by atoms with Crippen molar-refractivity contribution in [3.63, 3.8) is 0 Å². The van der Waals surface area contributed by atoms with Gasteiger partial charge in [-0.1, -0.05) is 0 Å². The van der Waals surface area contributed by atoms with Gasteiger partial charge in [-0.15, -0.1) is 0 Å². The van der Waals surface area contributed by atoms with Crippen molar-refractivity contribution < 1.29 is 14.1 Å². The third-order valence-electron chi connectivity index (χ3n) is 6.34. The molecule has 0 bridgehead atoms. The van der Waals surface area contributed by atoms with Gasteiger partial charge in [0.05, 0.1) is 22.9 Å². The summed E-state index contributed by atoms with van der Waals surface area (Å²) in [5, 5.41) is 0. The van der Waals surface area contributed by atoms with Crippen LogP contribution in [-0.4, -0.2) is 45.6 Å². The van der Waals surface area contributed by atoms with E-state index in [2.05, 4.69) is 38.8 Å². The van der Waals surface area contributed by atoms with Gasteiger partial charge in [0, 0.05) is 19.2 Å². The van der Waals surface area contributed by atoms with Gasteiger partial charge in [-0.2, -0.15) is 0 Å². The first-order valence-electron chi connectivity index (χ1n) is 9.60. The van der Waals surface area contributed by atoms with Crippen molar-refractivity contribution in [3.8, 4) is 0 Å². The number of aryl methyl sites for hydroxylation is 1. The Morgan fingerprint density at radius 2 is 1.96 bits per heavy atom. The first kappa shape index (κ1) is 17.8. The molecule has 2 aliphatic heterocycles. The maximum Gasteiger partial charge on any atom is 0.490 e. The highest BCUT2D eigenvalue weighted by atomic mass is 16.7. The molecule has 1 amide bonds. The van der Waals surface area contributed by atoms with Gasteiger partial charge in [-0.25, -0.2) is 4.98 Å². The van der Waals surface area contributed by atoms with Gasteiger partial charge in [0.1, 0.15) is 5.82 Å². The molecule has 1 N–H and O–H groups in total. The fourth-order valence-electron chi connectivity index (χ4n) is 4.04. The molecule has 6 nitrogen and oxygen atoms in total. The lowest BCUT2D eigenvalue weighted by Crippen LogP contribution is -2.41. The molecule has 2 saturated heterocycles. The van der Waals surface area contributed by atoms with Crippen LogP contribution in [0.4, 0.5) is 0 Å². The van der Waals surface area contributed by atoms with Gasteiger partial charge >= 0.3 is 7.12 Å². The van der Waals surface area contributed by atoms with Gasteiger partial charge in [-0.05, 0) is 64.9 Å². The normalized spacial score (nSPS) is 26.8. The van der Waals surface area contributed by atoms with E-state index in [9.17, 15) is 4.79 Å². The molecule has 1 atom stereocenters. The highest BCUT2D eigenvalue weighted by Gasteiger charge is 2.52. The lowest BCUT2D eigenvalue weighted by Gasteiger charge is -2.32. The van der Waals surface area contributed by atoms with Crippen molar-refractivity contribution in [2.24, 2.45) is 0 Å². The fourth-order valence-corrected chi connectivity index (χ4v) is 4.04. The Balaban J connectivity index is 1.58. The van der Waals surface area contributed by atoms with Crippen LogP contribution in [0.25, 0.3) is 6.08 Å². The summed E-state index contributed by atoms with van der Waals surface area (Å²) in [6, 6.07) is 0.0757. The molecule has 1 aromatic heterocycles.